The molecule has 2 saturated heterocycles. The zero-order valence-corrected chi connectivity index (χ0v) is 13.9. The number of pyridine rings is 1. The fraction of sp³-hybridized carbons (Fsp3) is 0.500. The molecule has 4 rings (SSSR count). The summed E-state index contributed by atoms with van der Waals surface area (Å²) in [7, 11) is 0. The molecule has 0 unspecified atom stereocenters. The smallest absolute Gasteiger partial charge is 0.151 e. The number of rotatable bonds is 4. The molecule has 0 aromatic carbocycles. The topological polar surface area (TPSA) is 60.4 Å². The van der Waals surface area contributed by atoms with E-state index in [1.807, 2.05) is 37.4 Å². The third-order valence-corrected chi connectivity index (χ3v) is 4.72. The second-order valence-electron chi connectivity index (χ2n) is 6.71. The molecule has 0 amide bonds. The predicted molar refractivity (Wildman–Crippen MR) is 89.7 cm³/mol. The average Bonchev–Trinajstić information content (AvgIpc) is 2.60. The SMILES string of the molecule is Cc1ccc(N2CC3(C[C@@H](OCc4cccnc4)CCO3)C2)nn1. The van der Waals surface area contributed by atoms with Gasteiger partial charge >= 0.3 is 0 Å². The lowest BCUT2D eigenvalue weighted by molar-refractivity contribution is -0.148. The molecule has 126 valence electrons. The molecule has 2 aliphatic rings. The van der Waals surface area contributed by atoms with Crippen LogP contribution in [0.25, 0.3) is 0 Å². The van der Waals surface area contributed by atoms with E-state index < -0.39 is 0 Å². The molecule has 4 heterocycles. The van der Waals surface area contributed by atoms with Gasteiger partial charge in [0.05, 0.1) is 31.5 Å². The number of ether oxygens (including phenoxy) is 2. The van der Waals surface area contributed by atoms with Crippen LogP contribution in [0.5, 0.6) is 0 Å². The highest BCUT2D eigenvalue weighted by molar-refractivity contribution is 5.43. The van der Waals surface area contributed by atoms with Gasteiger partial charge in [0.15, 0.2) is 5.82 Å². The zero-order chi connectivity index (χ0) is 16.4. The van der Waals surface area contributed by atoms with E-state index in [4.69, 9.17) is 9.47 Å². The molecular weight excluding hydrogens is 304 g/mol. The number of hydrogen-bond acceptors (Lipinski definition) is 6. The summed E-state index contributed by atoms with van der Waals surface area (Å²) in [4.78, 5) is 6.35. The van der Waals surface area contributed by atoms with Crippen LogP contribution in [0.4, 0.5) is 5.82 Å². The minimum Gasteiger partial charge on any atom is -0.373 e. The molecule has 1 spiro atoms. The van der Waals surface area contributed by atoms with Crippen molar-refractivity contribution in [3.63, 3.8) is 0 Å². The van der Waals surface area contributed by atoms with Crippen LogP contribution in [-0.4, -0.2) is 46.6 Å². The zero-order valence-electron chi connectivity index (χ0n) is 13.9. The molecule has 0 radical (unpaired) electrons. The van der Waals surface area contributed by atoms with Crippen molar-refractivity contribution in [2.45, 2.75) is 38.1 Å². The molecule has 24 heavy (non-hydrogen) atoms. The number of aromatic nitrogens is 3. The second kappa shape index (κ2) is 6.45. The van der Waals surface area contributed by atoms with Gasteiger partial charge in [-0.1, -0.05) is 6.07 Å². The van der Waals surface area contributed by atoms with Crippen molar-refractivity contribution >= 4 is 5.82 Å². The Morgan fingerprint density at radius 1 is 1.29 bits per heavy atom. The van der Waals surface area contributed by atoms with Crippen molar-refractivity contribution in [1.82, 2.24) is 15.2 Å². The maximum absolute atomic E-state index is 6.09. The van der Waals surface area contributed by atoms with Gasteiger partial charge in [0.2, 0.25) is 0 Å². The number of hydrogen-bond donors (Lipinski definition) is 0. The van der Waals surface area contributed by atoms with E-state index in [1.165, 1.54) is 0 Å². The molecule has 6 heteroatoms. The first kappa shape index (κ1) is 15.5. The lowest BCUT2D eigenvalue weighted by Crippen LogP contribution is -2.66. The minimum absolute atomic E-state index is 0.0928. The number of nitrogens with zero attached hydrogens (tertiary/aromatic N) is 4. The Morgan fingerprint density at radius 2 is 2.21 bits per heavy atom. The summed E-state index contributed by atoms with van der Waals surface area (Å²) in [5, 5.41) is 8.39. The summed E-state index contributed by atoms with van der Waals surface area (Å²) in [5.41, 5.74) is 1.96. The van der Waals surface area contributed by atoms with Crippen molar-refractivity contribution in [3.05, 3.63) is 47.9 Å². The molecule has 6 nitrogen and oxygen atoms in total. The number of aryl methyl sites for hydroxylation is 1. The van der Waals surface area contributed by atoms with Gasteiger partial charge in [-0.15, -0.1) is 5.10 Å². The van der Waals surface area contributed by atoms with Crippen LogP contribution in [-0.2, 0) is 16.1 Å². The van der Waals surface area contributed by atoms with E-state index in [0.29, 0.717) is 6.61 Å². The van der Waals surface area contributed by atoms with Gasteiger partial charge in [-0.25, -0.2) is 0 Å². The predicted octanol–water partition coefficient (Wildman–Crippen LogP) is 2.13. The van der Waals surface area contributed by atoms with Gasteiger partial charge in [0.1, 0.15) is 5.60 Å². The highest BCUT2D eigenvalue weighted by Gasteiger charge is 2.48. The van der Waals surface area contributed by atoms with Crippen molar-refractivity contribution in [1.29, 1.82) is 0 Å². The maximum Gasteiger partial charge on any atom is 0.151 e. The monoisotopic (exact) mass is 326 g/mol. The fourth-order valence-electron chi connectivity index (χ4n) is 3.41. The summed E-state index contributed by atoms with van der Waals surface area (Å²) in [6, 6.07) is 8.00. The summed E-state index contributed by atoms with van der Waals surface area (Å²) in [6.45, 7) is 5.03. The van der Waals surface area contributed by atoms with Gasteiger partial charge in [-0.3, -0.25) is 4.98 Å². The van der Waals surface area contributed by atoms with Gasteiger partial charge in [0, 0.05) is 25.4 Å². The van der Waals surface area contributed by atoms with Gasteiger partial charge < -0.3 is 14.4 Å². The van der Waals surface area contributed by atoms with Crippen molar-refractivity contribution in [2.75, 3.05) is 24.6 Å². The van der Waals surface area contributed by atoms with E-state index >= 15 is 0 Å². The lowest BCUT2D eigenvalue weighted by atomic mass is 9.84. The first-order chi connectivity index (χ1) is 11.7. The molecule has 0 N–H and O–H groups in total. The van der Waals surface area contributed by atoms with Crippen LogP contribution in [0.3, 0.4) is 0 Å². The molecular formula is C18H22N4O2. The highest BCUT2D eigenvalue weighted by atomic mass is 16.5. The minimum atomic E-state index is -0.0928. The first-order valence-electron chi connectivity index (χ1n) is 8.42. The average molecular weight is 326 g/mol. The Bertz CT molecular complexity index is 671. The molecule has 0 aliphatic carbocycles. The third kappa shape index (κ3) is 3.25. The summed E-state index contributed by atoms with van der Waals surface area (Å²) in [6.07, 6.45) is 5.76. The van der Waals surface area contributed by atoms with Crippen LogP contribution in [0.1, 0.15) is 24.1 Å². The summed E-state index contributed by atoms with van der Waals surface area (Å²) >= 11 is 0. The summed E-state index contributed by atoms with van der Waals surface area (Å²) in [5.74, 6) is 0.924. The largest absolute Gasteiger partial charge is 0.373 e. The molecule has 1 atom stereocenters. The Kier molecular flexibility index (Phi) is 4.16. The van der Waals surface area contributed by atoms with Gasteiger partial charge in [0.25, 0.3) is 0 Å². The van der Waals surface area contributed by atoms with E-state index in [2.05, 4.69) is 20.1 Å². The van der Waals surface area contributed by atoms with Crippen LogP contribution in [0.2, 0.25) is 0 Å². The van der Waals surface area contributed by atoms with Crippen molar-refractivity contribution in [3.8, 4) is 0 Å². The Hall–Kier alpha value is -2.05. The highest BCUT2D eigenvalue weighted by Crippen LogP contribution is 2.37. The van der Waals surface area contributed by atoms with Crippen LogP contribution < -0.4 is 4.90 Å². The Balaban J connectivity index is 1.32. The van der Waals surface area contributed by atoms with E-state index in [9.17, 15) is 0 Å². The fourth-order valence-corrected chi connectivity index (χ4v) is 3.41. The van der Waals surface area contributed by atoms with E-state index in [-0.39, 0.29) is 11.7 Å². The summed E-state index contributed by atoms with van der Waals surface area (Å²) < 4.78 is 12.2. The van der Waals surface area contributed by atoms with Crippen LogP contribution in [0.15, 0.2) is 36.7 Å². The molecule has 2 aromatic rings. The van der Waals surface area contributed by atoms with E-state index in [0.717, 1.165) is 49.6 Å². The van der Waals surface area contributed by atoms with Crippen molar-refractivity contribution in [2.24, 2.45) is 0 Å². The van der Waals surface area contributed by atoms with Crippen LogP contribution in [0, 0.1) is 6.92 Å². The Morgan fingerprint density at radius 3 is 2.96 bits per heavy atom. The molecule has 0 bridgehead atoms. The maximum atomic E-state index is 6.09. The van der Waals surface area contributed by atoms with Gasteiger partial charge in [-0.05, 0) is 37.1 Å². The molecule has 2 fully saturated rings. The second-order valence-corrected chi connectivity index (χ2v) is 6.71. The van der Waals surface area contributed by atoms with Crippen LogP contribution >= 0.6 is 0 Å². The molecule has 2 aromatic heterocycles. The normalized spacial score (nSPS) is 22.4. The number of anilines is 1. The first-order valence-corrected chi connectivity index (χ1v) is 8.42. The van der Waals surface area contributed by atoms with Crippen molar-refractivity contribution < 1.29 is 9.47 Å². The quantitative estimate of drug-likeness (QED) is 0.858. The standard InChI is InChI=1S/C18H22N4O2/c1-14-4-5-17(21-20-14)22-12-18(13-22)9-16(6-8-24-18)23-11-15-3-2-7-19-10-15/h2-5,7,10,16H,6,8-9,11-13H2,1H3/t16-/m0/s1. The molecule has 0 saturated carbocycles. The van der Waals surface area contributed by atoms with E-state index in [1.54, 1.807) is 6.20 Å². The third-order valence-electron chi connectivity index (χ3n) is 4.72. The van der Waals surface area contributed by atoms with Gasteiger partial charge in [-0.2, -0.15) is 5.10 Å². The lowest BCUT2D eigenvalue weighted by Gasteiger charge is -2.53. The molecule has 2 aliphatic heterocycles. The Labute approximate surface area is 141 Å².